The summed E-state index contributed by atoms with van der Waals surface area (Å²) in [5, 5.41) is 37.8. The van der Waals surface area contributed by atoms with Crippen molar-refractivity contribution in [3.8, 4) is 0 Å². The molecule has 0 aliphatic carbocycles. The molecule has 0 spiro atoms. The highest BCUT2D eigenvalue weighted by Gasteiger charge is 2.47. The molecule has 1 unspecified atom stereocenters. The Morgan fingerprint density at radius 2 is 2.10 bits per heavy atom. The van der Waals surface area contributed by atoms with Crippen molar-refractivity contribution in [1.29, 1.82) is 0 Å². The molecule has 21 heavy (non-hydrogen) atoms. The summed E-state index contributed by atoms with van der Waals surface area (Å²) in [4.78, 5) is 25.4. The van der Waals surface area contributed by atoms with E-state index in [1.54, 1.807) is 0 Å². The van der Waals surface area contributed by atoms with Crippen LogP contribution in [0.3, 0.4) is 0 Å². The Morgan fingerprint density at radius 1 is 1.52 bits per heavy atom. The highest BCUT2D eigenvalue weighted by molar-refractivity contribution is 5.96. The van der Waals surface area contributed by atoms with Gasteiger partial charge in [0.1, 0.15) is 25.0 Å². The number of aliphatic imine (C=N–C) groups is 1. The van der Waals surface area contributed by atoms with Gasteiger partial charge in [-0.15, -0.1) is 0 Å². The number of nitrogens with zero attached hydrogens (tertiary/aromatic N) is 2. The average Bonchev–Trinajstić information content (AvgIpc) is 2.66. The molecule has 1 saturated heterocycles. The number of carboxylic acid groups (broad SMARTS) is 1. The number of carbonyl (C=O) groups excluding carboxylic acids is 1. The number of urea groups is 1. The summed E-state index contributed by atoms with van der Waals surface area (Å²) >= 11 is 0. The lowest BCUT2D eigenvalue weighted by Gasteiger charge is -2.31. The van der Waals surface area contributed by atoms with Crippen molar-refractivity contribution in [1.82, 2.24) is 10.2 Å². The number of guanidine groups is 1. The zero-order valence-electron chi connectivity index (χ0n) is 11.2. The Kier molecular flexibility index (Phi) is 5.84. The summed E-state index contributed by atoms with van der Waals surface area (Å²) in [6, 6.07) is -0.577. The molecule has 11 heteroatoms. The lowest BCUT2D eigenvalue weighted by Crippen LogP contribution is -2.56. The number of nitrogens with two attached hydrogens (primary N) is 1. The maximum atomic E-state index is 11.6. The first-order valence-corrected chi connectivity index (χ1v) is 5.97. The molecule has 2 aliphatic rings. The summed E-state index contributed by atoms with van der Waals surface area (Å²) in [5.41, 5.74) is 5.30. The second-order valence-electron chi connectivity index (χ2n) is 4.33. The van der Waals surface area contributed by atoms with E-state index >= 15 is 0 Å². The SMILES string of the molecule is CC(=O)O.NC1=NCN([C@@H]2O[C@H](CO)[C@H](O)C2O)C(=O)N1. The molecule has 120 valence electrons. The number of hydrogen-bond acceptors (Lipinski definition) is 8. The second kappa shape index (κ2) is 7.17. The molecule has 1 fully saturated rings. The maximum Gasteiger partial charge on any atom is 0.327 e. The van der Waals surface area contributed by atoms with E-state index in [4.69, 9.17) is 25.5 Å². The van der Waals surface area contributed by atoms with Gasteiger partial charge in [-0.25, -0.2) is 9.79 Å². The zero-order valence-corrected chi connectivity index (χ0v) is 11.2. The summed E-state index contributed by atoms with van der Waals surface area (Å²) < 4.78 is 5.19. The first kappa shape index (κ1) is 17.1. The molecular formula is C10H18N4O7. The predicted molar refractivity (Wildman–Crippen MR) is 67.9 cm³/mol. The zero-order chi connectivity index (χ0) is 16.2. The number of ether oxygens (including phenoxy) is 1. The first-order valence-electron chi connectivity index (χ1n) is 5.97. The minimum atomic E-state index is -1.30. The van der Waals surface area contributed by atoms with Crippen molar-refractivity contribution >= 4 is 18.0 Å². The summed E-state index contributed by atoms with van der Waals surface area (Å²) in [6.45, 7) is 0.555. The van der Waals surface area contributed by atoms with Crippen LogP contribution >= 0.6 is 0 Å². The van der Waals surface area contributed by atoms with Crippen molar-refractivity contribution in [2.24, 2.45) is 10.7 Å². The topological polar surface area (TPSA) is 178 Å². The number of carbonyl (C=O) groups is 2. The standard InChI is InChI=1S/C8H14N4O5.C2H4O2/c9-7-10-2-12(8(16)11-7)6-5(15)4(14)3(1-13)17-6;1-2(3)4/h3-6,13-15H,1-2H2,(H3,9,10,11,16);1H3,(H,3,4)/t3-,4+,5?,6-;/m1./s1. The van der Waals surface area contributed by atoms with E-state index in [-0.39, 0.29) is 12.6 Å². The van der Waals surface area contributed by atoms with Gasteiger partial charge in [0, 0.05) is 6.92 Å². The van der Waals surface area contributed by atoms with Gasteiger partial charge < -0.3 is 30.9 Å². The molecule has 7 N–H and O–H groups in total. The molecular weight excluding hydrogens is 288 g/mol. The van der Waals surface area contributed by atoms with Crippen molar-refractivity contribution in [2.45, 2.75) is 31.5 Å². The van der Waals surface area contributed by atoms with Gasteiger partial charge in [0.2, 0.25) is 0 Å². The lowest BCUT2D eigenvalue weighted by molar-refractivity contribution is -0.134. The lowest BCUT2D eigenvalue weighted by atomic mass is 10.1. The molecule has 2 rings (SSSR count). The third kappa shape index (κ3) is 4.26. The van der Waals surface area contributed by atoms with Gasteiger partial charge >= 0.3 is 6.03 Å². The van der Waals surface area contributed by atoms with Crippen LogP contribution in [0.25, 0.3) is 0 Å². The van der Waals surface area contributed by atoms with E-state index in [2.05, 4.69) is 10.3 Å². The molecule has 0 radical (unpaired) electrons. The Morgan fingerprint density at radius 3 is 2.52 bits per heavy atom. The van der Waals surface area contributed by atoms with Gasteiger partial charge in [-0.3, -0.25) is 15.0 Å². The fourth-order valence-electron chi connectivity index (χ4n) is 1.77. The van der Waals surface area contributed by atoms with Crippen molar-refractivity contribution in [3.63, 3.8) is 0 Å². The second-order valence-corrected chi connectivity index (χ2v) is 4.33. The fourth-order valence-corrected chi connectivity index (χ4v) is 1.77. The predicted octanol–water partition coefficient (Wildman–Crippen LogP) is -3.19. The Hall–Kier alpha value is -1.95. The van der Waals surface area contributed by atoms with E-state index < -0.39 is 43.1 Å². The number of hydrogen-bond donors (Lipinski definition) is 6. The molecule has 2 aliphatic heterocycles. The van der Waals surface area contributed by atoms with Crippen LogP contribution in [-0.2, 0) is 9.53 Å². The van der Waals surface area contributed by atoms with Crippen molar-refractivity contribution < 1.29 is 34.8 Å². The summed E-state index contributed by atoms with van der Waals surface area (Å²) in [5.74, 6) is -0.849. The average molecular weight is 306 g/mol. The van der Waals surface area contributed by atoms with E-state index in [0.717, 1.165) is 11.8 Å². The Bertz CT molecular complexity index is 426. The van der Waals surface area contributed by atoms with Crippen molar-refractivity contribution in [2.75, 3.05) is 13.3 Å². The molecule has 4 atom stereocenters. The van der Waals surface area contributed by atoms with Gasteiger partial charge in [-0.1, -0.05) is 0 Å². The quantitative estimate of drug-likeness (QED) is 0.309. The van der Waals surface area contributed by atoms with Crippen LogP contribution in [0, 0.1) is 0 Å². The maximum absolute atomic E-state index is 11.6. The van der Waals surface area contributed by atoms with Crippen LogP contribution in [0.2, 0.25) is 0 Å². The molecule has 0 bridgehead atoms. The number of aliphatic hydroxyl groups excluding tert-OH is 3. The normalized spacial score (nSPS) is 31.9. The molecule has 2 amide bonds. The van der Waals surface area contributed by atoms with Crippen LogP contribution in [0.15, 0.2) is 4.99 Å². The minimum Gasteiger partial charge on any atom is -0.481 e. The van der Waals surface area contributed by atoms with Gasteiger partial charge in [-0.05, 0) is 0 Å². The monoisotopic (exact) mass is 306 g/mol. The van der Waals surface area contributed by atoms with Crippen LogP contribution < -0.4 is 11.1 Å². The van der Waals surface area contributed by atoms with Crippen LogP contribution in [0.5, 0.6) is 0 Å². The van der Waals surface area contributed by atoms with E-state index in [1.165, 1.54) is 0 Å². The Balaban J connectivity index is 0.000000491. The van der Waals surface area contributed by atoms with Crippen LogP contribution in [0.4, 0.5) is 4.79 Å². The number of carboxylic acids is 1. The van der Waals surface area contributed by atoms with Crippen LogP contribution in [0.1, 0.15) is 6.92 Å². The molecule has 0 saturated carbocycles. The summed E-state index contributed by atoms with van der Waals surface area (Å²) in [7, 11) is 0. The fraction of sp³-hybridized carbons (Fsp3) is 0.700. The molecule has 2 heterocycles. The highest BCUT2D eigenvalue weighted by Crippen LogP contribution is 2.24. The molecule has 0 aromatic carbocycles. The minimum absolute atomic E-state index is 0.0157. The van der Waals surface area contributed by atoms with Gasteiger partial charge in [0.05, 0.1) is 6.61 Å². The van der Waals surface area contributed by atoms with Crippen molar-refractivity contribution in [3.05, 3.63) is 0 Å². The van der Waals surface area contributed by atoms with E-state index in [9.17, 15) is 15.0 Å². The highest BCUT2D eigenvalue weighted by atomic mass is 16.6. The third-order valence-corrected chi connectivity index (χ3v) is 2.71. The third-order valence-electron chi connectivity index (χ3n) is 2.71. The molecule has 11 nitrogen and oxygen atoms in total. The van der Waals surface area contributed by atoms with Gasteiger partial charge in [-0.2, -0.15) is 0 Å². The molecule has 0 aromatic rings. The number of rotatable bonds is 2. The number of nitrogens with one attached hydrogen (secondary N) is 1. The number of aliphatic hydroxyl groups is 3. The number of amides is 2. The summed E-state index contributed by atoms with van der Waals surface area (Å²) in [6.07, 6.45) is -4.53. The smallest absolute Gasteiger partial charge is 0.327 e. The van der Waals surface area contributed by atoms with Gasteiger partial charge in [0.15, 0.2) is 12.2 Å². The van der Waals surface area contributed by atoms with E-state index in [0.29, 0.717) is 0 Å². The number of aliphatic carboxylic acids is 1. The Labute approximate surface area is 119 Å². The largest absolute Gasteiger partial charge is 0.481 e. The van der Waals surface area contributed by atoms with Crippen LogP contribution in [-0.4, -0.2) is 81.1 Å². The van der Waals surface area contributed by atoms with E-state index in [1.807, 2.05) is 0 Å². The first-order chi connectivity index (χ1) is 9.77. The molecule has 0 aromatic heterocycles. The van der Waals surface area contributed by atoms with Gasteiger partial charge in [0.25, 0.3) is 5.97 Å².